The molecule has 6 heteroatoms. The second-order valence-corrected chi connectivity index (χ2v) is 7.11. The number of hydrogen-bond acceptors (Lipinski definition) is 3. The van der Waals surface area contributed by atoms with Crippen molar-refractivity contribution < 1.29 is 8.42 Å². The summed E-state index contributed by atoms with van der Waals surface area (Å²) < 4.78 is 26.9. The molecule has 1 aromatic carbocycles. The zero-order valence-corrected chi connectivity index (χ0v) is 13.3. The molecule has 0 saturated carbocycles. The van der Waals surface area contributed by atoms with E-state index in [2.05, 4.69) is 0 Å². The number of nitrogens with two attached hydrogens (primary N) is 1. The number of aryl methyl sites for hydroxylation is 2. The van der Waals surface area contributed by atoms with Gasteiger partial charge in [-0.2, -0.15) is 4.31 Å². The van der Waals surface area contributed by atoms with E-state index in [4.69, 9.17) is 11.1 Å². The quantitative estimate of drug-likeness (QED) is 0.622. The second kappa shape index (κ2) is 6.37. The van der Waals surface area contributed by atoms with Gasteiger partial charge >= 0.3 is 0 Å². The van der Waals surface area contributed by atoms with Crippen molar-refractivity contribution in [3.8, 4) is 0 Å². The highest BCUT2D eigenvalue weighted by atomic mass is 32.2. The van der Waals surface area contributed by atoms with Gasteiger partial charge in [-0.05, 0) is 39.3 Å². The lowest BCUT2D eigenvalue weighted by atomic mass is 10.2. The minimum Gasteiger partial charge on any atom is -0.388 e. The third-order valence-electron chi connectivity index (χ3n) is 3.09. The number of rotatable bonds is 6. The Kier molecular flexibility index (Phi) is 5.30. The molecule has 1 rings (SSSR count). The summed E-state index contributed by atoms with van der Waals surface area (Å²) in [6.07, 6.45) is 0.238. The van der Waals surface area contributed by atoms with Gasteiger partial charge in [-0.1, -0.05) is 17.7 Å². The van der Waals surface area contributed by atoms with Crippen molar-refractivity contribution in [3.05, 3.63) is 29.3 Å². The third-order valence-corrected chi connectivity index (χ3v) is 5.33. The number of sulfonamides is 1. The Bertz CT molecular complexity index is 594. The zero-order chi connectivity index (χ0) is 15.5. The molecule has 0 amide bonds. The SMILES string of the molecule is Cc1ccc(S(=O)(=O)N(CCC(=N)N)C(C)C)c(C)c1. The van der Waals surface area contributed by atoms with Gasteiger partial charge < -0.3 is 5.73 Å². The first kappa shape index (κ1) is 16.7. The summed E-state index contributed by atoms with van der Waals surface area (Å²) >= 11 is 0. The van der Waals surface area contributed by atoms with Crippen molar-refractivity contribution in [3.63, 3.8) is 0 Å². The Labute approximate surface area is 121 Å². The van der Waals surface area contributed by atoms with Crippen LogP contribution in [0.25, 0.3) is 0 Å². The Hall–Kier alpha value is -1.40. The minimum atomic E-state index is -3.56. The molecule has 1 aromatic rings. The smallest absolute Gasteiger partial charge is 0.243 e. The van der Waals surface area contributed by atoms with Gasteiger partial charge in [-0.25, -0.2) is 8.42 Å². The van der Waals surface area contributed by atoms with Crippen LogP contribution in [0.4, 0.5) is 0 Å². The van der Waals surface area contributed by atoms with Crippen LogP contribution in [0, 0.1) is 19.3 Å². The zero-order valence-electron chi connectivity index (χ0n) is 12.5. The van der Waals surface area contributed by atoms with E-state index in [0.29, 0.717) is 4.90 Å². The van der Waals surface area contributed by atoms with Gasteiger partial charge in [0, 0.05) is 19.0 Å². The Morgan fingerprint density at radius 1 is 1.35 bits per heavy atom. The van der Waals surface area contributed by atoms with E-state index in [1.807, 2.05) is 26.8 Å². The topological polar surface area (TPSA) is 87.2 Å². The first-order valence-electron chi connectivity index (χ1n) is 6.58. The normalized spacial score (nSPS) is 12.1. The number of nitrogens with zero attached hydrogens (tertiary/aromatic N) is 1. The average Bonchev–Trinajstić information content (AvgIpc) is 2.26. The molecular formula is C14H23N3O2S. The van der Waals surface area contributed by atoms with Crippen molar-refractivity contribution in [2.75, 3.05) is 6.54 Å². The second-order valence-electron chi connectivity index (χ2n) is 5.25. The maximum Gasteiger partial charge on any atom is 0.243 e. The molecule has 0 aliphatic rings. The molecule has 0 bridgehead atoms. The molecule has 0 heterocycles. The molecule has 0 aromatic heterocycles. The van der Waals surface area contributed by atoms with E-state index >= 15 is 0 Å². The van der Waals surface area contributed by atoms with E-state index in [-0.39, 0.29) is 24.8 Å². The Balaban J connectivity index is 3.19. The average molecular weight is 297 g/mol. The first-order chi connectivity index (χ1) is 9.16. The molecule has 0 atom stereocenters. The van der Waals surface area contributed by atoms with Crippen LogP contribution in [0.1, 0.15) is 31.4 Å². The lowest BCUT2D eigenvalue weighted by molar-refractivity contribution is 0.361. The minimum absolute atomic E-state index is 0.00789. The van der Waals surface area contributed by atoms with Gasteiger partial charge in [-0.15, -0.1) is 0 Å². The first-order valence-corrected chi connectivity index (χ1v) is 8.02. The predicted molar refractivity (Wildman–Crippen MR) is 81.5 cm³/mol. The van der Waals surface area contributed by atoms with Gasteiger partial charge in [-0.3, -0.25) is 5.41 Å². The summed E-state index contributed by atoms with van der Waals surface area (Å²) in [5.41, 5.74) is 7.10. The molecule has 0 fully saturated rings. The van der Waals surface area contributed by atoms with Crippen molar-refractivity contribution >= 4 is 15.9 Å². The molecule has 0 saturated heterocycles. The molecule has 0 unspecified atom stereocenters. The van der Waals surface area contributed by atoms with Crippen LogP contribution in [-0.4, -0.2) is 31.1 Å². The predicted octanol–water partition coefficient (Wildman–Crippen LogP) is 2.03. The Morgan fingerprint density at radius 2 is 1.95 bits per heavy atom. The third kappa shape index (κ3) is 3.80. The largest absolute Gasteiger partial charge is 0.388 e. The Morgan fingerprint density at radius 3 is 2.40 bits per heavy atom. The molecule has 0 aliphatic carbocycles. The van der Waals surface area contributed by atoms with Gasteiger partial charge in [0.2, 0.25) is 10.0 Å². The van der Waals surface area contributed by atoms with Crippen molar-refractivity contribution in [1.29, 1.82) is 5.41 Å². The van der Waals surface area contributed by atoms with Crippen LogP contribution >= 0.6 is 0 Å². The van der Waals surface area contributed by atoms with Gasteiger partial charge in [0.05, 0.1) is 10.7 Å². The fourth-order valence-corrected chi connectivity index (χ4v) is 3.95. The van der Waals surface area contributed by atoms with Crippen LogP contribution in [-0.2, 0) is 10.0 Å². The van der Waals surface area contributed by atoms with Crippen molar-refractivity contribution in [1.82, 2.24) is 4.31 Å². The van der Waals surface area contributed by atoms with E-state index in [0.717, 1.165) is 11.1 Å². The van der Waals surface area contributed by atoms with E-state index in [1.165, 1.54) is 4.31 Å². The van der Waals surface area contributed by atoms with Gasteiger partial charge in [0.25, 0.3) is 0 Å². The number of amidine groups is 1. The molecule has 20 heavy (non-hydrogen) atoms. The van der Waals surface area contributed by atoms with Gasteiger partial charge in [0.15, 0.2) is 0 Å². The highest BCUT2D eigenvalue weighted by molar-refractivity contribution is 7.89. The molecule has 3 N–H and O–H groups in total. The number of benzene rings is 1. The lowest BCUT2D eigenvalue weighted by Gasteiger charge is -2.26. The summed E-state index contributed by atoms with van der Waals surface area (Å²) in [7, 11) is -3.56. The summed E-state index contributed by atoms with van der Waals surface area (Å²) in [6.45, 7) is 7.59. The van der Waals surface area contributed by atoms with E-state index < -0.39 is 10.0 Å². The standard InChI is InChI=1S/C14H23N3O2S/c1-10(2)17(8-7-14(15)16)20(18,19)13-6-5-11(3)9-12(13)4/h5-6,9-10H,7-8H2,1-4H3,(H3,15,16). The molecule has 5 nitrogen and oxygen atoms in total. The number of nitrogens with one attached hydrogen (secondary N) is 1. The van der Waals surface area contributed by atoms with Crippen LogP contribution in [0.15, 0.2) is 23.1 Å². The fourth-order valence-electron chi connectivity index (χ4n) is 2.10. The van der Waals surface area contributed by atoms with Crippen molar-refractivity contribution in [2.45, 2.75) is 45.1 Å². The van der Waals surface area contributed by atoms with Crippen LogP contribution in [0.3, 0.4) is 0 Å². The van der Waals surface area contributed by atoms with Crippen LogP contribution < -0.4 is 5.73 Å². The molecule has 0 radical (unpaired) electrons. The van der Waals surface area contributed by atoms with Crippen LogP contribution in [0.5, 0.6) is 0 Å². The maximum atomic E-state index is 12.7. The lowest BCUT2D eigenvalue weighted by Crippen LogP contribution is -2.39. The monoisotopic (exact) mass is 297 g/mol. The van der Waals surface area contributed by atoms with Crippen LogP contribution in [0.2, 0.25) is 0 Å². The van der Waals surface area contributed by atoms with E-state index in [1.54, 1.807) is 19.1 Å². The van der Waals surface area contributed by atoms with Gasteiger partial charge in [0.1, 0.15) is 0 Å². The highest BCUT2D eigenvalue weighted by Crippen LogP contribution is 2.22. The summed E-state index contributed by atoms with van der Waals surface area (Å²) in [6, 6.07) is 5.11. The fraction of sp³-hybridized carbons (Fsp3) is 0.500. The molecule has 0 aliphatic heterocycles. The van der Waals surface area contributed by atoms with Crippen molar-refractivity contribution in [2.24, 2.45) is 5.73 Å². The highest BCUT2D eigenvalue weighted by Gasteiger charge is 2.28. The molecule has 0 spiro atoms. The summed E-state index contributed by atoms with van der Waals surface area (Å²) in [4.78, 5) is 0.320. The summed E-state index contributed by atoms with van der Waals surface area (Å²) in [5.74, 6) is -0.00789. The molecular weight excluding hydrogens is 274 g/mol. The maximum absolute atomic E-state index is 12.7. The number of hydrogen-bond donors (Lipinski definition) is 2. The molecule has 112 valence electrons. The van der Waals surface area contributed by atoms with E-state index in [9.17, 15) is 8.42 Å². The summed E-state index contributed by atoms with van der Waals surface area (Å²) in [5, 5.41) is 7.26.